The highest BCUT2D eigenvalue weighted by Gasteiger charge is 2.07. The van der Waals surface area contributed by atoms with Crippen LogP contribution in [0.4, 0.5) is 0 Å². The summed E-state index contributed by atoms with van der Waals surface area (Å²) in [5.74, 6) is 1.32. The number of ether oxygens (including phenoxy) is 7. The van der Waals surface area contributed by atoms with Gasteiger partial charge in [-0.1, -0.05) is 6.07 Å². The normalized spacial score (nSPS) is 19.7. The Morgan fingerprint density at radius 2 is 0.963 bits per heavy atom. The Bertz CT molecular complexity index is 501. The Hall–Kier alpha value is -1.42. The van der Waals surface area contributed by atoms with Crippen LogP contribution in [0.2, 0.25) is 0 Å². The SMILES string of the molecule is NCc1ccc2c(c1)OCCOCCOCCOCCOCCOCCO2. The molecule has 2 N–H and O–H groups in total. The van der Waals surface area contributed by atoms with Gasteiger partial charge in [-0.3, -0.25) is 0 Å². The smallest absolute Gasteiger partial charge is 0.161 e. The fourth-order valence-electron chi connectivity index (χ4n) is 2.31. The lowest BCUT2D eigenvalue weighted by atomic mass is 10.2. The van der Waals surface area contributed by atoms with E-state index >= 15 is 0 Å². The third kappa shape index (κ3) is 9.90. The lowest BCUT2D eigenvalue weighted by Crippen LogP contribution is -2.14. The molecule has 154 valence electrons. The van der Waals surface area contributed by atoms with Crippen molar-refractivity contribution in [3.8, 4) is 11.5 Å². The molecule has 0 spiro atoms. The quantitative estimate of drug-likeness (QED) is 0.766. The Balaban J connectivity index is 1.81. The summed E-state index contributed by atoms with van der Waals surface area (Å²) in [5, 5.41) is 0. The molecule has 0 saturated carbocycles. The van der Waals surface area contributed by atoms with Crippen molar-refractivity contribution < 1.29 is 33.2 Å². The molecule has 2 rings (SSSR count). The maximum Gasteiger partial charge on any atom is 0.161 e. The molecule has 0 aliphatic carbocycles. The molecule has 27 heavy (non-hydrogen) atoms. The number of fused-ring (bicyclic) bond motifs is 1. The van der Waals surface area contributed by atoms with E-state index in [9.17, 15) is 0 Å². The van der Waals surface area contributed by atoms with Gasteiger partial charge in [0, 0.05) is 6.54 Å². The maximum absolute atomic E-state index is 5.80. The first-order valence-electron chi connectivity index (χ1n) is 9.37. The average Bonchev–Trinajstić information content (AvgIpc) is 2.69. The largest absolute Gasteiger partial charge is 0.487 e. The van der Waals surface area contributed by atoms with Crippen molar-refractivity contribution in [3.05, 3.63) is 23.8 Å². The van der Waals surface area contributed by atoms with Crippen molar-refractivity contribution in [1.29, 1.82) is 0 Å². The number of hydrogen-bond acceptors (Lipinski definition) is 8. The van der Waals surface area contributed by atoms with Crippen LogP contribution in [0.1, 0.15) is 5.56 Å². The van der Waals surface area contributed by atoms with Gasteiger partial charge in [0.15, 0.2) is 11.5 Å². The molecular weight excluding hydrogens is 354 g/mol. The van der Waals surface area contributed by atoms with E-state index in [-0.39, 0.29) is 0 Å². The Morgan fingerprint density at radius 1 is 0.556 bits per heavy atom. The zero-order valence-electron chi connectivity index (χ0n) is 15.9. The van der Waals surface area contributed by atoms with Gasteiger partial charge in [-0.15, -0.1) is 0 Å². The van der Waals surface area contributed by atoms with Gasteiger partial charge in [0.05, 0.1) is 66.1 Å². The second-order valence-corrected chi connectivity index (χ2v) is 5.74. The van der Waals surface area contributed by atoms with Gasteiger partial charge in [-0.2, -0.15) is 0 Å². The second-order valence-electron chi connectivity index (χ2n) is 5.74. The maximum atomic E-state index is 5.80. The topological polar surface area (TPSA) is 90.6 Å². The molecular formula is C19H31NO7. The van der Waals surface area contributed by atoms with Gasteiger partial charge in [-0.25, -0.2) is 0 Å². The first-order valence-corrected chi connectivity index (χ1v) is 9.37. The fraction of sp³-hybridized carbons (Fsp3) is 0.684. The van der Waals surface area contributed by atoms with E-state index in [0.717, 1.165) is 5.56 Å². The highest BCUT2D eigenvalue weighted by molar-refractivity contribution is 5.43. The van der Waals surface area contributed by atoms with Crippen LogP contribution in [0.3, 0.4) is 0 Å². The van der Waals surface area contributed by atoms with Crippen LogP contribution in [0.15, 0.2) is 18.2 Å². The van der Waals surface area contributed by atoms with Crippen molar-refractivity contribution in [2.45, 2.75) is 6.54 Å². The van der Waals surface area contributed by atoms with E-state index in [2.05, 4.69) is 0 Å². The highest BCUT2D eigenvalue weighted by atomic mass is 16.6. The third-order valence-electron chi connectivity index (χ3n) is 3.70. The summed E-state index contributed by atoms with van der Waals surface area (Å²) in [7, 11) is 0. The fourth-order valence-corrected chi connectivity index (χ4v) is 2.31. The van der Waals surface area contributed by atoms with Crippen LogP contribution in [0, 0.1) is 0 Å². The van der Waals surface area contributed by atoms with Crippen molar-refractivity contribution in [3.63, 3.8) is 0 Å². The minimum absolute atomic E-state index is 0.418. The monoisotopic (exact) mass is 385 g/mol. The molecule has 0 aromatic heterocycles. The van der Waals surface area contributed by atoms with Crippen LogP contribution < -0.4 is 15.2 Å². The van der Waals surface area contributed by atoms with E-state index in [1.54, 1.807) is 0 Å². The zero-order chi connectivity index (χ0) is 19.0. The van der Waals surface area contributed by atoms with Gasteiger partial charge >= 0.3 is 0 Å². The predicted octanol–water partition coefficient (Wildman–Crippen LogP) is 1.000. The number of nitrogens with two attached hydrogens (primary N) is 1. The molecule has 1 aliphatic rings. The molecule has 0 amide bonds. The first-order chi connectivity index (χ1) is 13.4. The average molecular weight is 385 g/mol. The number of hydrogen-bond donors (Lipinski definition) is 1. The summed E-state index contributed by atoms with van der Waals surface area (Å²) in [4.78, 5) is 0. The molecule has 1 aromatic rings. The van der Waals surface area contributed by atoms with Crippen molar-refractivity contribution in [2.24, 2.45) is 5.73 Å². The Kier molecular flexibility index (Phi) is 11.8. The van der Waals surface area contributed by atoms with Crippen molar-refractivity contribution >= 4 is 0 Å². The van der Waals surface area contributed by atoms with E-state index < -0.39 is 0 Å². The molecule has 1 aromatic carbocycles. The standard InChI is InChI=1S/C19H31NO7/c20-16-17-1-2-18-19(15-17)27-14-12-25-10-8-23-6-4-21-3-5-22-7-9-24-11-13-26-18/h1-2,15H,3-14,16,20H2. The molecule has 1 heterocycles. The van der Waals surface area contributed by atoms with Gasteiger partial charge in [0.25, 0.3) is 0 Å². The van der Waals surface area contributed by atoms with Crippen LogP contribution in [0.25, 0.3) is 0 Å². The molecule has 1 aliphatic heterocycles. The summed E-state index contributed by atoms with van der Waals surface area (Å²) >= 11 is 0. The highest BCUT2D eigenvalue weighted by Crippen LogP contribution is 2.28. The molecule has 0 fully saturated rings. The first kappa shape index (κ1) is 21.9. The minimum Gasteiger partial charge on any atom is -0.487 e. The summed E-state index contributed by atoms with van der Waals surface area (Å²) < 4.78 is 38.9. The Morgan fingerprint density at radius 3 is 1.41 bits per heavy atom. The number of benzene rings is 1. The van der Waals surface area contributed by atoms with E-state index in [4.69, 9.17) is 38.9 Å². The van der Waals surface area contributed by atoms with E-state index in [1.165, 1.54) is 0 Å². The second kappa shape index (κ2) is 14.6. The molecule has 8 nitrogen and oxygen atoms in total. The van der Waals surface area contributed by atoms with E-state index in [0.29, 0.717) is 97.3 Å². The van der Waals surface area contributed by atoms with Gasteiger partial charge < -0.3 is 38.9 Å². The summed E-state index contributed by atoms with van der Waals surface area (Å²) in [6.07, 6.45) is 0. The molecule has 0 atom stereocenters. The van der Waals surface area contributed by atoms with Crippen LogP contribution >= 0.6 is 0 Å². The lowest BCUT2D eigenvalue weighted by molar-refractivity contribution is -0.0134. The van der Waals surface area contributed by atoms with Crippen LogP contribution in [-0.2, 0) is 30.2 Å². The van der Waals surface area contributed by atoms with Crippen LogP contribution in [0.5, 0.6) is 11.5 Å². The summed E-state index contributed by atoms with van der Waals surface area (Å²) in [5.41, 5.74) is 6.69. The van der Waals surface area contributed by atoms with Crippen molar-refractivity contribution in [2.75, 3.05) is 79.3 Å². The third-order valence-corrected chi connectivity index (χ3v) is 3.70. The predicted molar refractivity (Wildman–Crippen MR) is 99.4 cm³/mol. The molecule has 0 radical (unpaired) electrons. The zero-order valence-corrected chi connectivity index (χ0v) is 15.9. The van der Waals surface area contributed by atoms with Gasteiger partial charge in [0.1, 0.15) is 13.2 Å². The molecule has 0 unspecified atom stereocenters. The summed E-state index contributed by atoms with van der Waals surface area (Å²) in [6.45, 7) is 6.45. The molecule has 0 saturated heterocycles. The summed E-state index contributed by atoms with van der Waals surface area (Å²) in [6, 6.07) is 5.68. The van der Waals surface area contributed by atoms with Gasteiger partial charge in [0.2, 0.25) is 0 Å². The molecule has 0 bridgehead atoms. The van der Waals surface area contributed by atoms with Crippen molar-refractivity contribution in [1.82, 2.24) is 0 Å². The van der Waals surface area contributed by atoms with E-state index in [1.807, 2.05) is 18.2 Å². The Labute approximate surface area is 160 Å². The van der Waals surface area contributed by atoms with Gasteiger partial charge in [-0.05, 0) is 17.7 Å². The lowest BCUT2D eigenvalue weighted by Gasteiger charge is -2.14. The number of rotatable bonds is 1. The molecule has 8 heteroatoms. The minimum atomic E-state index is 0.418. The van der Waals surface area contributed by atoms with Crippen LogP contribution in [-0.4, -0.2) is 79.3 Å².